The zero-order chi connectivity index (χ0) is 21.3. The van der Waals surface area contributed by atoms with Gasteiger partial charge in [-0.3, -0.25) is 4.79 Å². The molecule has 152 valence electrons. The van der Waals surface area contributed by atoms with Crippen LogP contribution in [0.1, 0.15) is 43.4 Å². The number of hydrogen-bond donors (Lipinski definition) is 0. The van der Waals surface area contributed by atoms with Crippen LogP contribution in [0.3, 0.4) is 0 Å². The van der Waals surface area contributed by atoms with Gasteiger partial charge in [0.1, 0.15) is 0 Å². The summed E-state index contributed by atoms with van der Waals surface area (Å²) in [4.78, 5) is 15.6. The Labute approximate surface area is 187 Å². The molecule has 0 radical (unpaired) electrons. The molecule has 3 heteroatoms. The molecule has 1 aliphatic rings. The Bertz CT molecular complexity index is 1070. The van der Waals surface area contributed by atoms with E-state index in [0.29, 0.717) is 0 Å². The van der Waals surface area contributed by atoms with E-state index < -0.39 is 5.41 Å². The van der Waals surface area contributed by atoms with Gasteiger partial charge < -0.3 is 4.90 Å². The number of nitrogens with zero attached hydrogens (tertiary/aromatic N) is 1. The van der Waals surface area contributed by atoms with Crippen molar-refractivity contribution >= 4 is 33.6 Å². The van der Waals surface area contributed by atoms with Crippen LogP contribution in [0.25, 0.3) is 6.08 Å². The van der Waals surface area contributed by atoms with Gasteiger partial charge in [0.25, 0.3) is 0 Å². The first-order valence-corrected chi connectivity index (χ1v) is 11.1. The van der Waals surface area contributed by atoms with Crippen molar-refractivity contribution in [3.8, 4) is 0 Å². The standard InChI is InChI=1S/C27H26BrNO/c1-27(2,3)26(30)29-23-17-11-10-16-21(23)24(20-14-8-5-9-15-20)25(29)22(28)18-19-12-6-4-7-13-19/h4-18,24-25H,1-3H3/b22-18-/t24-,25+/m1/s1. The number of para-hydroxylation sites is 1. The number of rotatable bonds is 3. The first kappa shape index (κ1) is 20.6. The summed E-state index contributed by atoms with van der Waals surface area (Å²) < 4.78 is 0.997. The molecule has 2 nitrogen and oxygen atoms in total. The van der Waals surface area contributed by atoms with Crippen LogP contribution in [0.2, 0.25) is 0 Å². The van der Waals surface area contributed by atoms with Gasteiger partial charge in [-0.15, -0.1) is 0 Å². The molecule has 0 aliphatic carbocycles. The Morgan fingerprint density at radius 1 is 0.867 bits per heavy atom. The van der Waals surface area contributed by atoms with Crippen molar-refractivity contribution in [1.29, 1.82) is 0 Å². The third-order valence-corrected chi connectivity index (χ3v) is 6.23. The highest BCUT2D eigenvalue weighted by Crippen LogP contribution is 2.49. The summed E-state index contributed by atoms with van der Waals surface area (Å²) in [5, 5.41) is 0. The molecule has 1 amide bonds. The third kappa shape index (κ3) is 3.87. The van der Waals surface area contributed by atoms with Crippen molar-refractivity contribution in [2.45, 2.75) is 32.7 Å². The number of fused-ring (bicyclic) bond motifs is 1. The van der Waals surface area contributed by atoms with Crippen LogP contribution in [0, 0.1) is 5.41 Å². The fraction of sp³-hybridized carbons (Fsp3) is 0.222. The summed E-state index contributed by atoms with van der Waals surface area (Å²) in [7, 11) is 0. The van der Waals surface area contributed by atoms with Crippen molar-refractivity contribution in [3.63, 3.8) is 0 Å². The smallest absolute Gasteiger partial charge is 0.232 e. The van der Waals surface area contributed by atoms with Gasteiger partial charge in [0.2, 0.25) is 5.91 Å². The SMILES string of the molecule is CC(C)(C)C(=O)N1c2ccccc2[C@@H](c2ccccc2)[C@@H]1/C(Br)=C/c1ccccc1. The molecule has 3 aromatic rings. The molecule has 0 fully saturated rings. The predicted octanol–water partition coefficient (Wildman–Crippen LogP) is 7.02. The number of benzene rings is 3. The van der Waals surface area contributed by atoms with Crippen molar-refractivity contribution in [2.24, 2.45) is 5.41 Å². The average Bonchev–Trinajstić information content (AvgIpc) is 3.09. The van der Waals surface area contributed by atoms with Crippen molar-refractivity contribution in [3.05, 3.63) is 106 Å². The Morgan fingerprint density at radius 2 is 1.43 bits per heavy atom. The van der Waals surface area contributed by atoms with Crippen LogP contribution in [0.15, 0.2) is 89.4 Å². The third-order valence-electron chi connectivity index (χ3n) is 5.53. The first-order chi connectivity index (χ1) is 14.4. The fourth-order valence-corrected chi connectivity index (χ4v) is 4.87. The van der Waals surface area contributed by atoms with Gasteiger partial charge >= 0.3 is 0 Å². The largest absolute Gasteiger partial charge is 0.303 e. The summed E-state index contributed by atoms with van der Waals surface area (Å²) in [6.45, 7) is 5.96. The zero-order valence-electron chi connectivity index (χ0n) is 17.5. The first-order valence-electron chi connectivity index (χ1n) is 10.3. The van der Waals surface area contributed by atoms with Crippen LogP contribution in [-0.2, 0) is 4.79 Å². The molecule has 1 aliphatic heterocycles. The Morgan fingerprint density at radius 3 is 2.07 bits per heavy atom. The summed E-state index contributed by atoms with van der Waals surface area (Å²) >= 11 is 3.88. The lowest BCUT2D eigenvalue weighted by atomic mass is 9.86. The zero-order valence-corrected chi connectivity index (χ0v) is 19.1. The van der Waals surface area contributed by atoms with Crippen molar-refractivity contribution in [2.75, 3.05) is 4.90 Å². The van der Waals surface area contributed by atoms with Gasteiger partial charge in [-0.1, -0.05) is 116 Å². The van der Waals surface area contributed by atoms with Gasteiger partial charge in [-0.25, -0.2) is 0 Å². The fourth-order valence-electron chi connectivity index (χ4n) is 4.13. The maximum Gasteiger partial charge on any atom is 0.232 e. The minimum atomic E-state index is -0.489. The Hall–Kier alpha value is -2.65. The highest BCUT2D eigenvalue weighted by molar-refractivity contribution is 9.11. The number of carbonyl (C=O) groups excluding carboxylic acids is 1. The molecule has 1 heterocycles. The topological polar surface area (TPSA) is 20.3 Å². The van der Waals surface area contributed by atoms with Crippen LogP contribution in [-0.4, -0.2) is 11.9 Å². The summed E-state index contributed by atoms with van der Waals surface area (Å²) in [6, 6.07) is 28.9. The summed E-state index contributed by atoms with van der Waals surface area (Å²) in [6.07, 6.45) is 2.13. The Kier molecular flexibility index (Phi) is 5.66. The maximum atomic E-state index is 13.7. The number of carbonyl (C=O) groups is 1. The summed E-state index contributed by atoms with van der Waals surface area (Å²) in [5.74, 6) is 0.180. The molecule has 0 unspecified atom stereocenters. The maximum absolute atomic E-state index is 13.7. The van der Waals surface area contributed by atoms with Crippen molar-refractivity contribution in [1.82, 2.24) is 0 Å². The molecule has 0 aromatic heterocycles. The number of hydrogen-bond acceptors (Lipinski definition) is 1. The van der Waals surface area contributed by atoms with Gasteiger partial charge in [0.15, 0.2) is 0 Å². The molecular weight excluding hydrogens is 434 g/mol. The minimum absolute atomic E-state index is 0.0584. The minimum Gasteiger partial charge on any atom is -0.303 e. The second-order valence-electron chi connectivity index (χ2n) is 8.76. The van der Waals surface area contributed by atoms with E-state index in [1.54, 1.807) is 0 Å². The quantitative estimate of drug-likeness (QED) is 0.412. The van der Waals surface area contributed by atoms with E-state index in [1.165, 1.54) is 11.1 Å². The second kappa shape index (κ2) is 8.23. The van der Waals surface area contributed by atoms with Gasteiger partial charge in [-0.05, 0) is 28.8 Å². The molecule has 0 bridgehead atoms. The van der Waals surface area contributed by atoms with Gasteiger partial charge in [0.05, 0.1) is 6.04 Å². The highest BCUT2D eigenvalue weighted by Gasteiger charge is 2.46. The van der Waals surface area contributed by atoms with E-state index in [1.807, 2.05) is 56.0 Å². The van der Waals surface area contributed by atoms with E-state index in [-0.39, 0.29) is 17.9 Å². The van der Waals surface area contributed by atoms with E-state index >= 15 is 0 Å². The number of amides is 1. The number of anilines is 1. The summed E-state index contributed by atoms with van der Waals surface area (Å²) in [5.41, 5.74) is 4.00. The molecule has 4 rings (SSSR count). The molecular formula is C27H26BrNO. The Balaban J connectivity index is 1.91. The molecule has 2 atom stereocenters. The molecule has 0 spiro atoms. The van der Waals surface area contributed by atoms with E-state index in [2.05, 4.69) is 76.6 Å². The van der Waals surface area contributed by atoms with E-state index in [9.17, 15) is 4.79 Å². The number of halogens is 1. The monoisotopic (exact) mass is 459 g/mol. The predicted molar refractivity (Wildman–Crippen MR) is 129 cm³/mol. The van der Waals surface area contributed by atoms with Gasteiger partial charge in [0, 0.05) is 21.5 Å². The van der Waals surface area contributed by atoms with Crippen LogP contribution in [0.4, 0.5) is 5.69 Å². The van der Waals surface area contributed by atoms with Crippen LogP contribution >= 0.6 is 15.9 Å². The lowest BCUT2D eigenvalue weighted by molar-refractivity contribution is -0.126. The normalized spacial score (nSPS) is 18.9. The van der Waals surface area contributed by atoms with E-state index in [4.69, 9.17) is 0 Å². The second-order valence-corrected chi connectivity index (χ2v) is 9.67. The van der Waals surface area contributed by atoms with Crippen LogP contribution in [0.5, 0.6) is 0 Å². The molecule has 0 N–H and O–H groups in total. The molecule has 30 heavy (non-hydrogen) atoms. The lowest BCUT2D eigenvalue weighted by Crippen LogP contribution is -2.45. The lowest BCUT2D eigenvalue weighted by Gasteiger charge is -2.33. The van der Waals surface area contributed by atoms with Crippen LogP contribution < -0.4 is 4.90 Å². The molecule has 0 saturated heterocycles. The van der Waals surface area contributed by atoms with Gasteiger partial charge in [-0.2, -0.15) is 0 Å². The van der Waals surface area contributed by atoms with Crippen molar-refractivity contribution < 1.29 is 4.79 Å². The average molecular weight is 460 g/mol. The molecule has 3 aromatic carbocycles. The van der Waals surface area contributed by atoms with E-state index in [0.717, 1.165) is 15.7 Å². The molecule has 0 saturated carbocycles. The highest BCUT2D eigenvalue weighted by atomic mass is 79.9.